The number of nitrogens with zero attached hydrogens (tertiary/aromatic N) is 2. The molecule has 2 N–H and O–H groups in total. The molecule has 0 aliphatic carbocycles. The summed E-state index contributed by atoms with van der Waals surface area (Å²) in [6.07, 6.45) is 1.04. The number of carboxylic acids is 1. The first-order valence-corrected chi connectivity index (χ1v) is 10.6. The Morgan fingerprint density at radius 3 is 2.58 bits per heavy atom. The molecule has 2 aromatic rings. The van der Waals surface area contributed by atoms with Gasteiger partial charge in [0.15, 0.2) is 16.7 Å². The SMILES string of the molecule is COc1ccc(C(=O)Oc2c(Cl)cc(/C=N/N=C3\NC(=O)C(CC(=O)O)S3)cc2OC)cc1. The van der Waals surface area contributed by atoms with Crippen molar-refractivity contribution in [2.45, 2.75) is 11.7 Å². The van der Waals surface area contributed by atoms with Crippen LogP contribution in [0.15, 0.2) is 46.6 Å². The smallest absolute Gasteiger partial charge is 0.343 e. The van der Waals surface area contributed by atoms with Crippen molar-refractivity contribution in [2.75, 3.05) is 14.2 Å². The second-order valence-corrected chi connectivity index (χ2v) is 8.09. The zero-order valence-corrected chi connectivity index (χ0v) is 19.0. The first-order valence-electron chi connectivity index (χ1n) is 9.34. The lowest BCUT2D eigenvalue weighted by molar-refractivity contribution is -0.138. The van der Waals surface area contributed by atoms with Crippen molar-refractivity contribution in [3.05, 3.63) is 52.5 Å². The summed E-state index contributed by atoms with van der Waals surface area (Å²) < 4.78 is 15.8. The summed E-state index contributed by atoms with van der Waals surface area (Å²) in [5.74, 6) is -1.31. The largest absolute Gasteiger partial charge is 0.497 e. The summed E-state index contributed by atoms with van der Waals surface area (Å²) in [6, 6.07) is 9.42. The average molecular weight is 492 g/mol. The molecule has 12 heteroatoms. The van der Waals surface area contributed by atoms with Gasteiger partial charge in [0, 0.05) is 5.56 Å². The first kappa shape index (κ1) is 24.1. The lowest BCUT2D eigenvalue weighted by Crippen LogP contribution is -2.26. The van der Waals surface area contributed by atoms with Crippen LogP contribution < -0.4 is 19.5 Å². The van der Waals surface area contributed by atoms with Gasteiger partial charge in [-0.15, -0.1) is 5.10 Å². The number of amidine groups is 1. The molecule has 33 heavy (non-hydrogen) atoms. The minimum Gasteiger partial charge on any atom is -0.497 e. The van der Waals surface area contributed by atoms with Crippen molar-refractivity contribution in [1.82, 2.24) is 5.32 Å². The summed E-state index contributed by atoms with van der Waals surface area (Å²) in [5, 5.41) is 18.6. The van der Waals surface area contributed by atoms with E-state index in [1.807, 2.05) is 0 Å². The molecule has 1 heterocycles. The number of esters is 1. The number of methoxy groups -OCH3 is 2. The second-order valence-electron chi connectivity index (χ2n) is 6.50. The monoisotopic (exact) mass is 491 g/mol. The quantitative estimate of drug-likeness (QED) is 0.249. The zero-order valence-electron chi connectivity index (χ0n) is 17.4. The molecule has 10 nitrogen and oxygen atoms in total. The maximum atomic E-state index is 12.5. The van der Waals surface area contributed by atoms with E-state index in [9.17, 15) is 14.4 Å². The molecule has 1 fully saturated rings. The van der Waals surface area contributed by atoms with Crippen LogP contribution in [0.25, 0.3) is 0 Å². The normalized spacial score (nSPS) is 16.6. The fourth-order valence-electron chi connectivity index (χ4n) is 2.69. The van der Waals surface area contributed by atoms with E-state index in [2.05, 4.69) is 15.5 Å². The fourth-order valence-corrected chi connectivity index (χ4v) is 3.86. The molecule has 1 aliphatic heterocycles. The summed E-state index contributed by atoms with van der Waals surface area (Å²) >= 11 is 7.27. The molecule has 0 aromatic heterocycles. The van der Waals surface area contributed by atoms with E-state index in [1.54, 1.807) is 30.3 Å². The molecule has 172 valence electrons. The molecule has 0 radical (unpaired) electrons. The molecular formula is C21H18ClN3O7S. The van der Waals surface area contributed by atoms with Gasteiger partial charge in [-0.25, -0.2) is 4.79 Å². The number of hydrogen-bond donors (Lipinski definition) is 2. The number of benzene rings is 2. The highest BCUT2D eigenvalue weighted by atomic mass is 35.5. The minimum atomic E-state index is -1.08. The van der Waals surface area contributed by atoms with Gasteiger partial charge >= 0.3 is 11.9 Å². The van der Waals surface area contributed by atoms with Crippen LogP contribution in [-0.2, 0) is 9.59 Å². The third kappa shape index (κ3) is 6.24. The lowest BCUT2D eigenvalue weighted by atomic mass is 10.2. The molecule has 0 saturated carbocycles. The number of carbonyl (C=O) groups excluding carboxylic acids is 2. The molecule has 0 bridgehead atoms. The molecule has 2 aromatic carbocycles. The molecule has 1 saturated heterocycles. The lowest BCUT2D eigenvalue weighted by Gasteiger charge is -2.12. The molecule has 1 atom stereocenters. The third-order valence-corrected chi connectivity index (χ3v) is 5.62. The summed E-state index contributed by atoms with van der Waals surface area (Å²) in [6.45, 7) is 0. The van der Waals surface area contributed by atoms with E-state index in [-0.39, 0.29) is 28.1 Å². The van der Waals surface area contributed by atoms with Crippen LogP contribution in [0.2, 0.25) is 5.02 Å². The molecule has 1 aliphatic rings. The molecule has 3 rings (SSSR count). The Labute approximate surface area is 197 Å². The standard InChI is InChI=1S/C21H18ClN3O7S/c1-30-13-5-3-12(4-6-13)20(29)32-18-14(22)7-11(8-15(18)31-2)10-23-25-21-24-19(28)16(33-21)9-17(26)27/h3-8,10,16H,9H2,1-2H3,(H,26,27)(H,24,25,28)/b23-10+. The van der Waals surface area contributed by atoms with Crippen LogP contribution in [0.5, 0.6) is 17.2 Å². The number of ether oxygens (including phenoxy) is 3. The van der Waals surface area contributed by atoms with Gasteiger partial charge in [0.25, 0.3) is 0 Å². The van der Waals surface area contributed by atoms with Gasteiger partial charge in [-0.05, 0) is 36.4 Å². The number of aliphatic carboxylic acids is 1. The van der Waals surface area contributed by atoms with Crippen molar-refractivity contribution >= 4 is 52.6 Å². The average Bonchev–Trinajstić information content (AvgIpc) is 3.13. The van der Waals surface area contributed by atoms with Crippen LogP contribution in [-0.4, -0.2) is 53.8 Å². The second kappa shape index (κ2) is 10.8. The number of carbonyl (C=O) groups is 3. The number of carboxylic acid groups (broad SMARTS) is 1. The van der Waals surface area contributed by atoms with E-state index in [0.717, 1.165) is 11.8 Å². The fraction of sp³-hybridized carbons (Fsp3) is 0.190. The molecule has 0 spiro atoms. The highest BCUT2D eigenvalue weighted by molar-refractivity contribution is 8.15. The predicted molar refractivity (Wildman–Crippen MR) is 123 cm³/mol. The maximum Gasteiger partial charge on any atom is 0.343 e. The van der Waals surface area contributed by atoms with E-state index in [4.69, 9.17) is 30.9 Å². The van der Waals surface area contributed by atoms with Crippen molar-refractivity contribution < 1.29 is 33.7 Å². The number of halogens is 1. The van der Waals surface area contributed by atoms with Gasteiger partial charge in [-0.1, -0.05) is 23.4 Å². The van der Waals surface area contributed by atoms with Gasteiger partial charge in [-0.2, -0.15) is 5.10 Å². The van der Waals surface area contributed by atoms with E-state index >= 15 is 0 Å². The molecule has 1 unspecified atom stereocenters. The minimum absolute atomic E-state index is 0.0403. The van der Waals surface area contributed by atoms with Crippen molar-refractivity contribution in [3.63, 3.8) is 0 Å². The highest BCUT2D eigenvalue weighted by Crippen LogP contribution is 2.36. The number of amides is 1. The Bertz CT molecular complexity index is 1140. The Kier molecular flexibility index (Phi) is 7.91. The number of nitrogens with one attached hydrogen (secondary N) is 1. The summed E-state index contributed by atoms with van der Waals surface area (Å²) in [7, 11) is 2.92. The Morgan fingerprint density at radius 1 is 1.21 bits per heavy atom. The Balaban J connectivity index is 1.72. The first-order chi connectivity index (χ1) is 15.8. The third-order valence-electron chi connectivity index (χ3n) is 4.26. The summed E-state index contributed by atoms with van der Waals surface area (Å²) in [5.41, 5.74) is 0.787. The summed E-state index contributed by atoms with van der Waals surface area (Å²) in [4.78, 5) is 35.0. The van der Waals surface area contributed by atoms with E-state index in [0.29, 0.717) is 16.9 Å². The zero-order chi connectivity index (χ0) is 24.0. The number of thioether (sulfide) groups is 1. The van der Waals surface area contributed by atoms with Crippen LogP contribution in [0.3, 0.4) is 0 Å². The van der Waals surface area contributed by atoms with Crippen LogP contribution in [0.1, 0.15) is 22.3 Å². The highest BCUT2D eigenvalue weighted by Gasteiger charge is 2.32. The molecular weight excluding hydrogens is 474 g/mol. The molecule has 1 amide bonds. The van der Waals surface area contributed by atoms with Crippen molar-refractivity contribution in [1.29, 1.82) is 0 Å². The number of rotatable bonds is 8. The van der Waals surface area contributed by atoms with Gasteiger partial charge in [0.05, 0.1) is 37.4 Å². The maximum absolute atomic E-state index is 12.5. The van der Waals surface area contributed by atoms with Crippen LogP contribution in [0.4, 0.5) is 0 Å². The van der Waals surface area contributed by atoms with Gasteiger partial charge in [-0.3, -0.25) is 9.59 Å². The topological polar surface area (TPSA) is 136 Å². The van der Waals surface area contributed by atoms with Crippen molar-refractivity contribution in [2.24, 2.45) is 10.2 Å². The van der Waals surface area contributed by atoms with Gasteiger partial charge in [0.1, 0.15) is 11.0 Å². The van der Waals surface area contributed by atoms with E-state index in [1.165, 1.54) is 26.5 Å². The Hall–Kier alpha value is -3.57. The van der Waals surface area contributed by atoms with Gasteiger partial charge in [0.2, 0.25) is 5.91 Å². The Morgan fingerprint density at radius 2 is 1.94 bits per heavy atom. The van der Waals surface area contributed by atoms with Crippen LogP contribution >= 0.6 is 23.4 Å². The predicted octanol–water partition coefficient (Wildman–Crippen LogP) is 2.97. The van der Waals surface area contributed by atoms with Crippen LogP contribution in [0, 0.1) is 0 Å². The number of hydrogen-bond acceptors (Lipinski definition) is 9. The van der Waals surface area contributed by atoms with Gasteiger partial charge < -0.3 is 24.6 Å². The van der Waals surface area contributed by atoms with Crippen molar-refractivity contribution in [3.8, 4) is 17.2 Å². The van der Waals surface area contributed by atoms with E-state index < -0.39 is 23.1 Å².